The molecule has 0 amide bonds. The largest absolute Gasteiger partial charge is 0.496 e. The highest BCUT2D eigenvalue weighted by Crippen LogP contribution is 2.28. The molecule has 1 unspecified atom stereocenters. The fourth-order valence-electron chi connectivity index (χ4n) is 1.38. The van der Waals surface area contributed by atoms with E-state index in [-0.39, 0.29) is 5.75 Å². The van der Waals surface area contributed by atoms with Crippen molar-refractivity contribution in [2.24, 2.45) is 0 Å². The monoisotopic (exact) mass is 280 g/mol. The highest BCUT2D eigenvalue weighted by Gasteiger charge is 2.31. The van der Waals surface area contributed by atoms with Crippen LogP contribution in [0.2, 0.25) is 0 Å². The van der Waals surface area contributed by atoms with E-state index >= 15 is 0 Å². The molecule has 1 atom stereocenters. The molecule has 0 bridgehead atoms. The summed E-state index contributed by atoms with van der Waals surface area (Å²) in [6.07, 6.45) is -7.35. The molecule has 1 aromatic rings. The predicted octanol–water partition coefficient (Wildman–Crippen LogP) is 2.40. The third-order valence-corrected chi connectivity index (χ3v) is 2.23. The first-order valence-corrected chi connectivity index (χ1v) is 5.44. The number of halogens is 3. The van der Waals surface area contributed by atoms with Crippen molar-refractivity contribution in [1.29, 1.82) is 0 Å². The van der Waals surface area contributed by atoms with Crippen LogP contribution in [0.5, 0.6) is 17.2 Å². The van der Waals surface area contributed by atoms with Crippen LogP contribution in [0, 0.1) is 0 Å². The zero-order chi connectivity index (χ0) is 14.5. The summed E-state index contributed by atoms with van der Waals surface area (Å²) in [6.45, 7) is -0.462. The second-order valence-electron chi connectivity index (χ2n) is 3.83. The fraction of sp³-hybridized carbons (Fsp3) is 0.500. The molecule has 0 heterocycles. The van der Waals surface area contributed by atoms with Gasteiger partial charge in [0.25, 0.3) is 0 Å². The number of aliphatic hydroxyl groups excluding tert-OH is 1. The van der Waals surface area contributed by atoms with Gasteiger partial charge in [-0.05, 0) is 0 Å². The smallest absolute Gasteiger partial charge is 0.391 e. The molecular formula is C12H15F3O4. The van der Waals surface area contributed by atoms with Gasteiger partial charge >= 0.3 is 6.18 Å². The van der Waals surface area contributed by atoms with E-state index in [0.717, 1.165) is 0 Å². The number of methoxy groups -OCH3 is 2. The van der Waals surface area contributed by atoms with Crippen molar-refractivity contribution in [3.63, 3.8) is 0 Å². The molecule has 0 aliphatic rings. The van der Waals surface area contributed by atoms with Gasteiger partial charge in [-0.3, -0.25) is 0 Å². The van der Waals surface area contributed by atoms with Crippen LogP contribution in [0.15, 0.2) is 18.2 Å². The molecule has 0 fully saturated rings. The minimum atomic E-state index is -4.42. The van der Waals surface area contributed by atoms with Crippen molar-refractivity contribution in [1.82, 2.24) is 0 Å². The minimum Gasteiger partial charge on any atom is -0.496 e. The van der Waals surface area contributed by atoms with Gasteiger partial charge in [0.15, 0.2) is 0 Å². The number of alkyl halides is 3. The van der Waals surface area contributed by atoms with E-state index in [1.54, 1.807) is 6.07 Å². The summed E-state index contributed by atoms with van der Waals surface area (Å²) in [5.74, 6) is 1.15. The van der Waals surface area contributed by atoms with Gasteiger partial charge in [-0.2, -0.15) is 13.2 Å². The Balaban J connectivity index is 2.62. The van der Waals surface area contributed by atoms with E-state index in [2.05, 4.69) is 0 Å². The lowest BCUT2D eigenvalue weighted by Gasteiger charge is -2.15. The van der Waals surface area contributed by atoms with E-state index in [1.165, 1.54) is 26.4 Å². The summed E-state index contributed by atoms with van der Waals surface area (Å²) in [5.41, 5.74) is 0. The van der Waals surface area contributed by atoms with Crippen LogP contribution in [0.4, 0.5) is 13.2 Å². The maximum atomic E-state index is 12.0. The molecule has 7 heteroatoms. The van der Waals surface area contributed by atoms with Gasteiger partial charge in [0.05, 0.1) is 26.7 Å². The average molecular weight is 280 g/mol. The SMILES string of the molecule is COc1cc(OC)cc(OCC(O)CC(F)(F)F)c1. The Morgan fingerprint density at radius 3 is 1.95 bits per heavy atom. The van der Waals surface area contributed by atoms with Gasteiger partial charge in [-0.15, -0.1) is 0 Å². The van der Waals surface area contributed by atoms with Crippen molar-refractivity contribution in [2.45, 2.75) is 18.7 Å². The lowest BCUT2D eigenvalue weighted by molar-refractivity contribution is -0.156. The Kier molecular flexibility index (Phi) is 5.29. The second kappa shape index (κ2) is 6.51. The molecule has 1 rings (SSSR count). The molecule has 0 aliphatic carbocycles. The van der Waals surface area contributed by atoms with Crippen molar-refractivity contribution in [2.75, 3.05) is 20.8 Å². The summed E-state index contributed by atoms with van der Waals surface area (Å²) in [5, 5.41) is 9.19. The van der Waals surface area contributed by atoms with Crippen LogP contribution in [-0.4, -0.2) is 38.2 Å². The molecule has 0 aliphatic heterocycles. The second-order valence-corrected chi connectivity index (χ2v) is 3.83. The molecule has 4 nitrogen and oxygen atoms in total. The van der Waals surface area contributed by atoms with Crippen molar-refractivity contribution in [3.8, 4) is 17.2 Å². The molecule has 1 N–H and O–H groups in total. The molecule has 0 aromatic heterocycles. The molecular weight excluding hydrogens is 265 g/mol. The Bertz CT molecular complexity index is 384. The van der Waals surface area contributed by atoms with E-state index in [4.69, 9.17) is 14.2 Å². The number of aliphatic hydroxyl groups is 1. The number of ether oxygens (including phenoxy) is 3. The van der Waals surface area contributed by atoms with Crippen molar-refractivity contribution < 1.29 is 32.5 Å². The summed E-state index contributed by atoms with van der Waals surface area (Å²) in [7, 11) is 2.88. The van der Waals surface area contributed by atoms with E-state index < -0.39 is 25.3 Å². The normalized spacial score (nSPS) is 12.9. The highest BCUT2D eigenvalue weighted by molar-refractivity contribution is 5.41. The highest BCUT2D eigenvalue weighted by atomic mass is 19.4. The quantitative estimate of drug-likeness (QED) is 0.869. The molecule has 19 heavy (non-hydrogen) atoms. The maximum absolute atomic E-state index is 12.0. The summed E-state index contributed by atoms with van der Waals surface area (Å²) >= 11 is 0. The number of hydrogen-bond acceptors (Lipinski definition) is 4. The Morgan fingerprint density at radius 2 is 1.53 bits per heavy atom. The zero-order valence-corrected chi connectivity index (χ0v) is 10.5. The number of rotatable bonds is 6. The van der Waals surface area contributed by atoms with Gasteiger partial charge in [-0.1, -0.05) is 0 Å². The zero-order valence-electron chi connectivity index (χ0n) is 10.5. The molecule has 0 radical (unpaired) electrons. The standard InChI is InChI=1S/C12H15F3O4/c1-17-9-3-10(18-2)5-11(4-9)19-7-8(16)6-12(13,14)15/h3-5,8,16H,6-7H2,1-2H3. The summed E-state index contributed by atoms with van der Waals surface area (Å²) < 4.78 is 51.1. The number of benzene rings is 1. The van der Waals surface area contributed by atoms with Crippen molar-refractivity contribution in [3.05, 3.63) is 18.2 Å². The Labute approximate surface area is 108 Å². The lowest BCUT2D eigenvalue weighted by atomic mass is 10.2. The van der Waals surface area contributed by atoms with Crippen molar-refractivity contribution >= 4 is 0 Å². The predicted molar refractivity (Wildman–Crippen MR) is 61.7 cm³/mol. The van der Waals surface area contributed by atoms with Crippen LogP contribution in [-0.2, 0) is 0 Å². The molecule has 108 valence electrons. The fourth-order valence-corrected chi connectivity index (χ4v) is 1.38. The first-order valence-electron chi connectivity index (χ1n) is 5.44. The lowest BCUT2D eigenvalue weighted by Crippen LogP contribution is -2.25. The van der Waals surface area contributed by atoms with Gasteiger partial charge in [0.1, 0.15) is 23.9 Å². The first-order chi connectivity index (χ1) is 8.84. The topological polar surface area (TPSA) is 47.9 Å². The maximum Gasteiger partial charge on any atom is 0.391 e. The van der Waals surface area contributed by atoms with E-state index in [1.807, 2.05) is 0 Å². The molecule has 0 saturated carbocycles. The van der Waals surface area contributed by atoms with Gasteiger partial charge in [-0.25, -0.2) is 0 Å². The van der Waals surface area contributed by atoms with Gasteiger partial charge in [0, 0.05) is 18.2 Å². The summed E-state index contributed by atoms with van der Waals surface area (Å²) in [4.78, 5) is 0. The first kappa shape index (κ1) is 15.4. The van der Waals surface area contributed by atoms with Crippen LogP contribution < -0.4 is 14.2 Å². The summed E-state index contributed by atoms with van der Waals surface area (Å²) in [6, 6.07) is 4.57. The molecule has 1 aromatic carbocycles. The van der Waals surface area contributed by atoms with Gasteiger partial charge in [0.2, 0.25) is 0 Å². The van der Waals surface area contributed by atoms with Crippen LogP contribution >= 0.6 is 0 Å². The number of hydrogen-bond donors (Lipinski definition) is 1. The Hall–Kier alpha value is -1.63. The third-order valence-electron chi connectivity index (χ3n) is 2.23. The molecule has 0 spiro atoms. The van der Waals surface area contributed by atoms with Gasteiger partial charge < -0.3 is 19.3 Å². The Morgan fingerprint density at radius 1 is 1.05 bits per heavy atom. The van der Waals surface area contributed by atoms with E-state index in [9.17, 15) is 18.3 Å². The average Bonchev–Trinajstić information content (AvgIpc) is 2.33. The van der Waals surface area contributed by atoms with E-state index in [0.29, 0.717) is 11.5 Å². The van der Waals surface area contributed by atoms with Crippen LogP contribution in [0.3, 0.4) is 0 Å². The third kappa shape index (κ3) is 5.69. The van der Waals surface area contributed by atoms with Crippen LogP contribution in [0.25, 0.3) is 0 Å². The molecule has 0 saturated heterocycles. The minimum absolute atomic E-state index is 0.262. The van der Waals surface area contributed by atoms with Crippen LogP contribution in [0.1, 0.15) is 6.42 Å².